The first kappa shape index (κ1) is 40.4. The van der Waals surface area contributed by atoms with Crippen molar-refractivity contribution in [2.24, 2.45) is 0 Å². The number of ether oxygens (including phenoxy) is 6. The van der Waals surface area contributed by atoms with E-state index < -0.39 is 26.1 Å². The van der Waals surface area contributed by atoms with Gasteiger partial charge in [0.25, 0.3) is 0 Å². The fourth-order valence-electron chi connectivity index (χ4n) is 3.92. The summed E-state index contributed by atoms with van der Waals surface area (Å²) >= 11 is 0. The molecule has 2 aromatic rings. The molecular formula is C35H56FNO9Si. The monoisotopic (exact) mass is 681 g/mol. The number of halogens is 1. The van der Waals surface area contributed by atoms with Crippen molar-refractivity contribution in [1.29, 1.82) is 0 Å². The van der Waals surface area contributed by atoms with E-state index in [1.807, 2.05) is 39.0 Å². The van der Waals surface area contributed by atoms with Crippen LogP contribution in [0.1, 0.15) is 47.1 Å². The molecule has 0 aromatic heterocycles. The van der Waals surface area contributed by atoms with Crippen molar-refractivity contribution in [3.05, 3.63) is 59.9 Å². The largest absolute Gasteiger partial charge is 0.491 e. The summed E-state index contributed by atoms with van der Waals surface area (Å²) in [5.41, 5.74) is 0.172. The molecule has 0 bridgehead atoms. The molecule has 0 saturated carbocycles. The molecule has 2 rings (SSSR count). The van der Waals surface area contributed by atoms with Crippen LogP contribution >= 0.6 is 0 Å². The highest BCUT2D eigenvalue weighted by Gasteiger charge is 2.40. The van der Waals surface area contributed by atoms with E-state index in [4.69, 9.17) is 38.0 Å². The fraction of sp³-hybridized carbons (Fsp3) is 0.629. The smallest absolute Gasteiger partial charge is 0.410 e. The summed E-state index contributed by atoms with van der Waals surface area (Å²) in [6, 6.07) is 13.5. The van der Waals surface area contributed by atoms with Gasteiger partial charge in [-0.2, -0.15) is 0 Å². The van der Waals surface area contributed by atoms with Crippen LogP contribution in [0.15, 0.2) is 48.5 Å². The van der Waals surface area contributed by atoms with Gasteiger partial charge in [-0.1, -0.05) is 39.0 Å². The molecule has 1 atom stereocenters. The van der Waals surface area contributed by atoms with E-state index in [-0.39, 0.29) is 43.8 Å². The second-order valence-electron chi connectivity index (χ2n) is 13.7. The lowest BCUT2D eigenvalue weighted by Gasteiger charge is -2.40. The van der Waals surface area contributed by atoms with Gasteiger partial charge in [-0.15, -0.1) is 0 Å². The maximum absolute atomic E-state index is 13.3. The summed E-state index contributed by atoms with van der Waals surface area (Å²) in [6.45, 7) is 19.4. The Bertz CT molecular complexity index is 1170. The lowest BCUT2D eigenvalue weighted by molar-refractivity contribution is -0.00852. The van der Waals surface area contributed by atoms with Crippen molar-refractivity contribution in [3.8, 4) is 11.5 Å². The molecule has 47 heavy (non-hydrogen) atoms. The minimum atomic E-state index is -2.27. The Balaban J connectivity index is 2.08. The van der Waals surface area contributed by atoms with E-state index in [2.05, 4.69) is 33.9 Å². The van der Waals surface area contributed by atoms with Crippen LogP contribution in [0, 0.1) is 5.82 Å². The average Bonchev–Trinajstić information content (AvgIpc) is 2.98. The van der Waals surface area contributed by atoms with Gasteiger partial charge in [-0.25, -0.2) is 9.18 Å². The second-order valence-corrected chi connectivity index (χ2v) is 18.4. The second kappa shape index (κ2) is 19.9. The van der Waals surface area contributed by atoms with Gasteiger partial charge >= 0.3 is 6.09 Å². The van der Waals surface area contributed by atoms with E-state index in [0.29, 0.717) is 51.1 Å². The van der Waals surface area contributed by atoms with Gasteiger partial charge in [0.15, 0.2) is 8.32 Å². The summed E-state index contributed by atoms with van der Waals surface area (Å²) in [5.74, 6) is 0.918. The molecule has 12 heteroatoms. The zero-order chi connectivity index (χ0) is 34.9. The van der Waals surface area contributed by atoms with Gasteiger partial charge in [0.1, 0.15) is 36.1 Å². The molecule has 0 fully saturated rings. The number of hydrogen-bond acceptors (Lipinski definition) is 9. The SMILES string of the molecule is CC(C)(C)OC(=O)N(CCOCCOCCOCCO)C[C@H](COc1cccc(OCc2ccc(F)cc2)c1)O[Si](C)(C)C(C)(C)C. The molecule has 0 aliphatic heterocycles. The van der Waals surface area contributed by atoms with Crippen LogP contribution in [0.3, 0.4) is 0 Å². The molecule has 0 aliphatic rings. The van der Waals surface area contributed by atoms with E-state index in [1.165, 1.54) is 12.1 Å². The van der Waals surface area contributed by atoms with Crippen LogP contribution < -0.4 is 9.47 Å². The predicted octanol–water partition coefficient (Wildman–Crippen LogP) is 6.45. The van der Waals surface area contributed by atoms with Gasteiger partial charge in [0.05, 0.1) is 58.9 Å². The van der Waals surface area contributed by atoms with Crippen LogP contribution in [0.5, 0.6) is 11.5 Å². The van der Waals surface area contributed by atoms with Crippen LogP contribution in [0.2, 0.25) is 18.1 Å². The molecule has 0 spiro atoms. The first-order chi connectivity index (χ1) is 22.1. The van der Waals surface area contributed by atoms with Gasteiger partial charge < -0.3 is 42.9 Å². The third-order valence-corrected chi connectivity index (χ3v) is 11.9. The summed E-state index contributed by atoms with van der Waals surface area (Å²) in [6.07, 6.45) is -0.909. The summed E-state index contributed by atoms with van der Waals surface area (Å²) in [5, 5.41) is 8.69. The van der Waals surface area contributed by atoms with Crippen molar-refractivity contribution >= 4 is 14.4 Å². The van der Waals surface area contributed by atoms with E-state index >= 15 is 0 Å². The third-order valence-electron chi connectivity index (χ3n) is 7.39. The molecule has 0 unspecified atom stereocenters. The highest BCUT2D eigenvalue weighted by molar-refractivity contribution is 6.74. The summed E-state index contributed by atoms with van der Waals surface area (Å²) in [7, 11) is -2.27. The zero-order valence-corrected chi connectivity index (χ0v) is 30.5. The van der Waals surface area contributed by atoms with E-state index in [1.54, 1.807) is 23.1 Å². The maximum Gasteiger partial charge on any atom is 0.410 e. The molecule has 0 aliphatic carbocycles. The first-order valence-electron chi connectivity index (χ1n) is 16.2. The normalized spacial score (nSPS) is 12.9. The Labute approximate surface area is 281 Å². The van der Waals surface area contributed by atoms with Crippen molar-refractivity contribution in [1.82, 2.24) is 4.90 Å². The summed E-state index contributed by atoms with van der Waals surface area (Å²) in [4.78, 5) is 15.0. The number of aliphatic hydroxyl groups excluding tert-OH is 1. The van der Waals surface area contributed by atoms with Crippen molar-refractivity contribution in [2.75, 3.05) is 65.9 Å². The Kier molecular flexibility index (Phi) is 17.1. The van der Waals surface area contributed by atoms with Gasteiger partial charge in [-0.3, -0.25) is 0 Å². The molecule has 0 saturated heterocycles. The van der Waals surface area contributed by atoms with Gasteiger partial charge in [0.2, 0.25) is 0 Å². The number of rotatable bonds is 21. The lowest BCUT2D eigenvalue weighted by Crippen LogP contribution is -2.51. The number of carbonyl (C=O) groups is 1. The van der Waals surface area contributed by atoms with Crippen LogP contribution in [0.25, 0.3) is 0 Å². The zero-order valence-electron chi connectivity index (χ0n) is 29.5. The van der Waals surface area contributed by atoms with E-state index in [9.17, 15) is 9.18 Å². The molecule has 10 nitrogen and oxygen atoms in total. The lowest BCUT2D eigenvalue weighted by atomic mass is 10.2. The molecule has 0 heterocycles. The molecule has 266 valence electrons. The van der Waals surface area contributed by atoms with Gasteiger partial charge in [0, 0.05) is 12.6 Å². The standard InChI is InChI=1S/C35H56FNO9Si/c1-34(2,3)45-33(39)37(16-18-40-20-22-42-23-21-41-19-17-38)25-32(46-47(7,8)35(4,5)6)27-44-31-11-9-10-30(24-31)43-26-28-12-14-29(36)15-13-28/h9-15,24,32,38H,16-23,25-27H2,1-8H3/t32-/m1/s1. The summed E-state index contributed by atoms with van der Waals surface area (Å²) < 4.78 is 54.4. The number of benzene rings is 2. The minimum Gasteiger partial charge on any atom is -0.491 e. The quantitative estimate of drug-likeness (QED) is 0.118. The van der Waals surface area contributed by atoms with E-state index in [0.717, 1.165) is 5.56 Å². The number of hydrogen-bond donors (Lipinski definition) is 1. The van der Waals surface area contributed by atoms with Gasteiger partial charge in [-0.05, 0) is 68.7 Å². The van der Waals surface area contributed by atoms with Crippen molar-refractivity contribution in [3.63, 3.8) is 0 Å². The maximum atomic E-state index is 13.3. The number of carbonyl (C=O) groups excluding carboxylic acids is 1. The van der Waals surface area contributed by atoms with Crippen LogP contribution in [-0.2, 0) is 30.0 Å². The average molecular weight is 682 g/mol. The Morgan fingerprint density at radius 2 is 1.43 bits per heavy atom. The highest BCUT2D eigenvalue weighted by atomic mass is 28.4. The van der Waals surface area contributed by atoms with Crippen LogP contribution in [0.4, 0.5) is 9.18 Å². The minimum absolute atomic E-state index is 0.0205. The number of amides is 1. The fourth-order valence-corrected chi connectivity index (χ4v) is 5.25. The molecule has 0 radical (unpaired) electrons. The Morgan fingerprint density at radius 3 is 2.00 bits per heavy atom. The number of aliphatic hydroxyl groups is 1. The van der Waals surface area contributed by atoms with Crippen LogP contribution in [-0.4, -0.2) is 102 Å². The van der Waals surface area contributed by atoms with Crippen molar-refractivity contribution in [2.45, 2.75) is 78.0 Å². The Hall–Kier alpha value is -2.74. The Morgan fingerprint density at radius 1 is 0.851 bits per heavy atom. The first-order valence-corrected chi connectivity index (χ1v) is 19.1. The third kappa shape index (κ3) is 16.8. The molecule has 1 N–H and O–H groups in total. The number of nitrogens with zero attached hydrogens (tertiary/aromatic N) is 1. The molecule has 1 amide bonds. The van der Waals surface area contributed by atoms with Crippen molar-refractivity contribution < 1.29 is 47.1 Å². The highest BCUT2D eigenvalue weighted by Crippen LogP contribution is 2.37. The predicted molar refractivity (Wildman–Crippen MR) is 182 cm³/mol. The molecule has 2 aromatic carbocycles. The molecular weight excluding hydrogens is 625 g/mol. The topological polar surface area (TPSA) is 105 Å².